The molecule has 1 heterocycles. The van der Waals surface area contributed by atoms with Crippen LogP contribution in [0.1, 0.15) is 11.1 Å². The number of alkyl carbamates (subject to hydrolysis) is 1. The molecule has 0 aliphatic carbocycles. The molecule has 7 heteroatoms. The van der Waals surface area contributed by atoms with Gasteiger partial charge in [-0.1, -0.05) is 72.4 Å². The van der Waals surface area contributed by atoms with Crippen molar-refractivity contribution < 1.29 is 19.1 Å². The molecule has 0 aromatic heterocycles. The van der Waals surface area contributed by atoms with E-state index in [2.05, 4.69) is 10.6 Å². The Hall–Kier alpha value is -2.80. The zero-order valence-corrected chi connectivity index (χ0v) is 15.4. The fraction of sp³-hybridized carbons (Fsp3) is 0.250. The van der Waals surface area contributed by atoms with Gasteiger partial charge in [0.25, 0.3) is 0 Å². The topological polar surface area (TPSA) is 84.5 Å². The van der Waals surface area contributed by atoms with E-state index in [9.17, 15) is 14.4 Å². The summed E-state index contributed by atoms with van der Waals surface area (Å²) in [6.07, 6.45) is -0.370. The molecule has 3 rings (SSSR count). The van der Waals surface area contributed by atoms with E-state index in [0.717, 1.165) is 11.1 Å². The molecule has 1 aliphatic rings. The van der Waals surface area contributed by atoms with Crippen LogP contribution in [0.25, 0.3) is 0 Å². The molecule has 140 valence electrons. The predicted octanol–water partition coefficient (Wildman–Crippen LogP) is 2.28. The van der Waals surface area contributed by atoms with Gasteiger partial charge in [-0.25, -0.2) is 4.79 Å². The van der Waals surface area contributed by atoms with Crippen molar-refractivity contribution in [3.8, 4) is 0 Å². The van der Waals surface area contributed by atoms with Crippen LogP contribution in [0, 0.1) is 0 Å². The first kappa shape index (κ1) is 19.0. The van der Waals surface area contributed by atoms with Crippen LogP contribution in [-0.2, 0) is 27.4 Å². The Labute approximate surface area is 161 Å². The molecule has 2 atom stereocenters. The Bertz CT molecular complexity index is 798. The van der Waals surface area contributed by atoms with Crippen LogP contribution in [-0.4, -0.2) is 35.0 Å². The Balaban J connectivity index is 1.60. The fourth-order valence-corrected chi connectivity index (χ4v) is 3.19. The van der Waals surface area contributed by atoms with Crippen LogP contribution in [0.4, 0.5) is 4.79 Å². The van der Waals surface area contributed by atoms with Gasteiger partial charge in [0.05, 0.1) is 0 Å². The second-order valence-electron chi connectivity index (χ2n) is 6.14. The summed E-state index contributed by atoms with van der Waals surface area (Å²) in [6, 6.07) is 17.3. The highest BCUT2D eigenvalue weighted by atomic mass is 32.2. The third-order valence-electron chi connectivity index (χ3n) is 4.10. The van der Waals surface area contributed by atoms with Crippen molar-refractivity contribution in [2.24, 2.45) is 0 Å². The van der Waals surface area contributed by atoms with E-state index in [4.69, 9.17) is 4.74 Å². The van der Waals surface area contributed by atoms with E-state index in [1.807, 2.05) is 60.7 Å². The number of carbonyl (C=O) groups is 3. The van der Waals surface area contributed by atoms with Crippen molar-refractivity contribution in [3.05, 3.63) is 71.8 Å². The quantitative estimate of drug-likeness (QED) is 0.765. The van der Waals surface area contributed by atoms with Crippen LogP contribution in [0.15, 0.2) is 60.7 Å². The summed E-state index contributed by atoms with van der Waals surface area (Å²) in [5, 5.41) is 5.24. The van der Waals surface area contributed by atoms with Gasteiger partial charge in [-0.2, -0.15) is 0 Å². The number of thioether (sulfide) groups is 1. The van der Waals surface area contributed by atoms with Gasteiger partial charge in [-0.05, 0) is 11.1 Å². The molecule has 1 fully saturated rings. The molecule has 2 aromatic carbocycles. The Morgan fingerprint density at radius 2 is 1.67 bits per heavy atom. The molecule has 2 amide bonds. The lowest BCUT2D eigenvalue weighted by Gasteiger charge is -2.26. The predicted molar refractivity (Wildman–Crippen MR) is 103 cm³/mol. The maximum Gasteiger partial charge on any atom is 0.408 e. The highest BCUT2D eigenvalue weighted by Gasteiger charge is 2.33. The van der Waals surface area contributed by atoms with Crippen LogP contribution >= 0.6 is 11.8 Å². The van der Waals surface area contributed by atoms with Gasteiger partial charge < -0.3 is 15.4 Å². The summed E-state index contributed by atoms with van der Waals surface area (Å²) in [7, 11) is 0. The number of ether oxygens (including phenoxy) is 1. The van der Waals surface area contributed by atoms with Gasteiger partial charge in [0.2, 0.25) is 11.0 Å². The fourth-order valence-electron chi connectivity index (χ4n) is 2.57. The average Bonchev–Trinajstić information content (AvgIpc) is 2.70. The van der Waals surface area contributed by atoms with Gasteiger partial charge in [0.15, 0.2) is 0 Å². The molecule has 0 unspecified atom stereocenters. The minimum absolute atomic E-state index is 0.0616. The summed E-state index contributed by atoms with van der Waals surface area (Å²) in [5.74, 6) is 0.162. The zero-order chi connectivity index (χ0) is 19.1. The van der Waals surface area contributed by atoms with E-state index in [1.165, 1.54) is 11.8 Å². The van der Waals surface area contributed by atoms with Crippen molar-refractivity contribution in [1.29, 1.82) is 0 Å². The second-order valence-corrected chi connectivity index (χ2v) is 7.16. The Morgan fingerprint density at radius 1 is 1.04 bits per heavy atom. The first-order valence-electron chi connectivity index (χ1n) is 8.60. The number of amides is 2. The monoisotopic (exact) mass is 384 g/mol. The smallest absolute Gasteiger partial charge is 0.408 e. The first-order valence-corrected chi connectivity index (χ1v) is 9.58. The van der Waals surface area contributed by atoms with Crippen molar-refractivity contribution in [2.75, 3.05) is 5.75 Å². The number of nitrogens with one attached hydrogen (secondary N) is 2. The van der Waals surface area contributed by atoms with E-state index in [-0.39, 0.29) is 11.7 Å². The number of benzene rings is 2. The van der Waals surface area contributed by atoms with Crippen molar-refractivity contribution in [2.45, 2.75) is 25.1 Å². The third kappa shape index (κ3) is 5.59. The van der Waals surface area contributed by atoms with Crippen molar-refractivity contribution in [3.63, 3.8) is 0 Å². The number of carbonyl (C=O) groups excluding carboxylic acids is 3. The standard InChI is InChI=1S/C20H20N2O4S/c23-18(21-17-13-27-19(17)24)16(11-14-7-3-1-4-8-14)22-20(25)26-12-15-9-5-2-6-10-15/h1-10,16-17H,11-13H2,(H,21,23)(H,22,25)/t16-,17-/m0/s1. The molecule has 0 radical (unpaired) electrons. The molecule has 0 saturated carbocycles. The van der Waals surface area contributed by atoms with E-state index in [0.29, 0.717) is 12.2 Å². The van der Waals surface area contributed by atoms with E-state index < -0.39 is 24.1 Å². The normalized spacial score (nSPS) is 16.7. The molecule has 2 N–H and O–H groups in total. The molecule has 0 spiro atoms. The molecule has 1 aliphatic heterocycles. The van der Waals surface area contributed by atoms with Gasteiger partial charge in [-0.3, -0.25) is 9.59 Å². The summed E-state index contributed by atoms with van der Waals surface area (Å²) in [6.45, 7) is 0.115. The second kappa shape index (κ2) is 9.23. The molecule has 27 heavy (non-hydrogen) atoms. The van der Waals surface area contributed by atoms with Gasteiger partial charge >= 0.3 is 6.09 Å². The van der Waals surface area contributed by atoms with Crippen LogP contribution in [0.5, 0.6) is 0 Å². The summed E-state index contributed by atoms with van der Waals surface area (Å²) < 4.78 is 5.21. The summed E-state index contributed by atoms with van der Waals surface area (Å²) >= 11 is 1.18. The highest BCUT2D eigenvalue weighted by molar-refractivity contribution is 8.16. The van der Waals surface area contributed by atoms with Crippen LogP contribution in [0.3, 0.4) is 0 Å². The molecular formula is C20H20N2O4S. The third-order valence-corrected chi connectivity index (χ3v) is 5.17. The lowest BCUT2D eigenvalue weighted by molar-refractivity contribution is -0.126. The van der Waals surface area contributed by atoms with Crippen molar-refractivity contribution >= 4 is 28.9 Å². The van der Waals surface area contributed by atoms with E-state index in [1.54, 1.807) is 0 Å². The van der Waals surface area contributed by atoms with Crippen LogP contribution in [0.2, 0.25) is 0 Å². The number of hydrogen-bond donors (Lipinski definition) is 2. The van der Waals surface area contributed by atoms with E-state index >= 15 is 0 Å². The summed E-state index contributed by atoms with van der Waals surface area (Å²) in [5.41, 5.74) is 1.75. The minimum atomic E-state index is -0.825. The van der Waals surface area contributed by atoms with Gasteiger partial charge in [-0.15, -0.1) is 0 Å². The average molecular weight is 384 g/mol. The molecule has 1 saturated heterocycles. The van der Waals surface area contributed by atoms with Gasteiger partial charge in [0.1, 0.15) is 18.7 Å². The molecular weight excluding hydrogens is 364 g/mol. The number of hydrogen-bond acceptors (Lipinski definition) is 5. The van der Waals surface area contributed by atoms with Gasteiger partial charge in [0, 0.05) is 12.2 Å². The SMILES string of the molecule is O=C(N[C@@H](Cc1ccccc1)C(=O)N[C@H]1CSC1=O)OCc1ccccc1. The maximum atomic E-state index is 12.6. The molecule has 6 nitrogen and oxygen atoms in total. The lowest BCUT2D eigenvalue weighted by Crippen LogP contribution is -2.55. The Morgan fingerprint density at radius 3 is 2.22 bits per heavy atom. The van der Waals surface area contributed by atoms with Crippen molar-refractivity contribution in [1.82, 2.24) is 10.6 Å². The lowest BCUT2D eigenvalue weighted by atomic mass is 10.1. The summed E-state index contributed by atoms with van der Waals surface area (Å²) in [4.78, 5) is 36.2. The first-order chi connectivity index (χ1) is 13.1. The Kier molecular flexibility index (Phi) is 6.49. The molecule has 0 bridgehead atoms. The number of rotatable bonds is 7. The zero-order valence-electron chi connectivity index (χ0n) is 14.6. The highest BCUT2D eigenvalue weighted by Crippen LogP contribution is 2.20. The van der Waals surface area contributed by atoms with Crippen LogP contribution < -0.4 is 10.6 Å². The maximum absolute atomic E-state index is 12.6. The largest absolute Gasteiger partial charge is 0.445 e. The molecule has 2 aromatic rings. The minimum Gasteiger partial charge on any atom is -0.445 e.